The third kappa shape index (κ3) is 2.54. The second kappa shape index (κ2) is 4.84. The second-order valence-electron chi connectivity index (χ2n) is 3.22. The van der Waals surface area contributed by atoms with E-state index in [9.17, 15) is 4.21 Å². The first-order chi connectivity index (χ1) is 7.66. The number of hydrogen-bond donors (Lipinski definition) is 0. The van der Waals surface area contributed by atoms with Crippen LogP contribution in [0.3, 0.4) is 0 Å². The highest BCUT2D eigenvalue weighted by molar-refractivity contribution is 9.10. The summed E-state index contributed by atoms with van der Waals surface area (Å²) in [5.41, 5.74) is 1.96. The van der Waals surface area contributed by atoms with Crippen LogP contribution in [0.4, 0.5) is 0 Å². The van der Waals surface area contributed by atoms with Gasteiger partial charge in [-0.15, -0.1) is 0 Å². The van der Waals surface area contributed by atoms with Gasteiger partial charge >= 0.3 is 0 Å². The van der Waals surface area contributed by atoms with E-state index in [0.29, 0.717) is 5.16 Å². The number of rotatable bonds is 2. The summed E-state index contributed by atoms with van der Waals surface area (Å²) in [6, 6.07) is 7.87. The molecule has 16 heavy (non-hydrogen) atoms. The molecule has 0 bridgehead atoms. The maximum Gasteiger partial charge on any atom is 0.218 e. The highest BCUT2D eigenvalue weighted by atomic mass is 79.9. The summed E-state index contributed by atoms with van der Waals surface area (Å²) in [6.07, 6.45) is 4.94. The van der Waals surface area contributed by atoms with Crippen molar-refractivity contribution in [1.29, 1.82) is 0 Å². The van der Waals surface area contributed by atoms with E-state index >= 15 is 0 Å². The van der Waals surface area contributed by atoms with Gasteiger partial charge in [0.2, 0.25) is 5.16 Å². The van der Waals surface area contributed by atoms with Gasteiger partial charge in [-0.05, 0) is 17.7 Å². The van der Waals surface area contributed by atoms with E-state index in [1.54, 1.807) is 18.6 Å². The van der Waals surface area contributed by atoms with Crippen molar-refractivity contribution in [2.75, 3.05) is 6.26 Å². The van der Waals surface area contributed by atoms with E-state index in [4.69, 9.17) is 0 Å². The van der Waals surface area contributed by atoms with E-state index in [1.165, 1.54) is 0 Å². The Bertz CT molecular complexity index is 511. The molecule has 3 nitrogen and oxygen atoms in total. The Kier molecular flexibility index (Phi) is 3.46. The van der Waals surface area contributed by atoms with Gasteiger partial charge < -0.3 is 0 Å². The number of aromatic nitrogens is 2. The molecule has 5 heteroatoms. The zero-order valence-electron chi connectivity index (χ0n) is 8.55. The van der Waals surface area contributed by atoms with Crippen LogP contribution in [0.2, 0.25) is 0 Å². The van der Waals surface area contributed by atoms with E-state index in [0.717, 1.165) is 15.6 Å². The third-order valence-corrected chi connectivity index (χ3v) is 3.32. The fourth-order valence-corrected chi connectivity index (χ4v) is 1.92. The van der Waals surface area contributed by atoms with Crippen LogP contribution in [0.5, 0.6) is 0 Å². The smallest absolute Gasteiger partial charge is 0.218 e. The molecule has 0 aliphatic heterocycles. The van der Waals surface area contributed by atoms with Crippen molar-refractivity contribution in [2.45, 2.75) is 5.16 Å². The van der Waals surface area contributed by atoms with Crippen LogP contribution in [0.25, 0.3) is 11.1 Å². The van der Waals surface area contributed by atoms with Crippen LogP contribution in [0, 0.1) is 0 Å². The fourth-order valence-electron chi connectivity index (χ4n) is 1.26. The van der Waals surface area contributed by atoms with Crippen molar-refractivity contribution in [2.24, 2.45) is 0 Å². The molecule has 0 saturated carbocycles. The fraction of sp³-hybridized carbons (Fsp3) is 0.0909. The normalized spacial score (nSPS) is 12.4. The summed E-state index contributed by atoms with van der Waals surface area (Å²) in [5, 5.41) is 0.362. The molecule has 0 saturated heterocycles. The molecule has 0 radical (unpaired) electrons. The van der Waals surface area contributed by atoms with Gasteiger partial charge in [0.05, 0.1) is 10.8 Å². The summed E-state index contributed by atoms with van der Waals surface area (Å²) < 4.78 is 12.1. The molecule has 1 aromatic heterocycles. The molecule has 2 aromatic rings. The third-order valence-electron chi connectivity index (χ3n) is 2.06. The zero-order valence-corrected chi connectivity index (χ0v) is 11.0. The summed E-state index contributed by atoms with van der Waals surface area (Å²) in [6.45, 7) is 0. The van der Waals surface area contributed by atoms with Gasteiger partial charge in [-0.3, -0.25) is 4.21 Å². The van der Waals surface area contributed by atoms with E-state index in [2.05, 4.69) is 25.9 Å². The molecule has 0 aliphatic rings. The van der Waals surface area contributed by atoms with Crippen molar-refractivity contribution in [3.8, 4) is 11.1 Å². The molecule has 82 valence electrons. The lowest BCUT2D eigenvalue weighted by atomic mass is 10.1. The van der Waals surface area contributed by atoms with Crippen molar-refractivity contribution in [3.05, 3.63) is 41.1 Å². The zero-order chi connectivity index (χ0) is 11.5. The van der Waals surface area contributed by atoms with Crippen LogP contribution in [0.15, 0.2) is 46.3 Å². The van der Waals surface area contributed by atoms with Crippen LogP contribution < -0.4 is 0 Å². The first-order valence-electron chi connectivity index (χ1n) is 4.58. The molecular weight excluding hydrogens is 288 g/mol. The molecule has 1 heterocycles. The van der Waals surface area contributed by atoms with Crippen molar-refractivity contribution < 1.29 is 4.21 Å². The topological polar surface area (TPSA) is 42.9 Å². The maximum absolute atomic E-state index is 11.1. The van der Waals surface area contributed by atoms with Crippen LogP contribution in [0.1, 0.15) is 0 Å². The van der Waals surface area contributed by atoms with Crippen molar-refractivity contribution >= 4 is 26.7 Å². The average molecular weight is 297 g/mol. The Labute approximate surface area is 105 Å². The standard InChI is InChI=1S/C11H9BrN2OS/c1-16(15)11-13-6-9(7-14-11)8-2-4-10(12)5-3-8/h2-7H,1H3. The van der Waals surface area contributed by atoms with Gasteiger partial charge in [0.25, 0.3) is 0 Å². The van der Waals surface area contributed by atoms with Crippen molar-refractivity contribution in [1.82, 2.24) is 9.97 Å². The lowest BCUT2D eigenvalue weighted by Gasteiger charge is -2.01. The van der Waals surface area contributed by atoms with Gasteiger partial charge in [0, 0.05) is 28.7 Å². The molecule has 0 N–H and O–H groups in total. The highest BCUT2D eigenvalue weighted by Gasteiger charge is 2.02. The number of hydrogen-bond acceptors (Lipinski definition) is 3. The Morgan fingerprint density at radius 2 is 1.62 bits per heavy atom. The molecule has 0 fully saturated rings. The van der Waals surface area contributed by atoms with Gasteiger partial charge in [-0.2, -0.15) is 0 Å². The lowest BCUT2D eigenvalue weighted by Crippen LogP contribution is -1.96. The Morgan fingerprint density at radius 1 is 1.06 bits per heavy atom. The van der Waals surface area contributed by atoms with Crippen LogP contribution in [-0.4, -0.2) is 20.4 Å². The molecule has 1 unspecified atom stereocenters. The SMILES string of the molecule is CS(=O)c1ncc(-c2ccc(Br)cc2)cn1. The summed E-state index contributed by atoms with van der Waals surface area (Å²) in [4.78, 5) is 8.11. The quantitative estimate of drug-likeness (QED) is 0.800. The van der Waals surface area contributed by atoms with E-state index in [-0.39, 0.29) is 0 Å². The second-order valence-corrected chi connectivity index (χ2v) is 5.40. The van der Waals surface area contributed by atoms with Crippen LogP contribution in [-0.2, 0) is 10.8 Å². The van der Waals surface area contributed by atoms with Gasteiger partial charge in [0.1, 0.15) is 0 Å². The number of nitrogens with zero attached hydrogens (tertiary/aromatic N) is 2. The molecule has 0 amide bonds. The van der Waals surface area contributed by atoms with Crippen molar-refractivity contribution in [3.63, 3.8) is 0 Å². The number of halogens is 1. The first kappa shape index (κ1) is 11.4. The summed E-state index contributed by atoms with van der Waals surface area (Å²) in [7, 11) is -1.13. The minimum absolute atomic E-state index is 0.362. The average Bonchev–Trinajstić information content (AvgIpc) is 2.30. The molecular formula is C11H9BrN2OS. The lowest BCUT2D eigenvalue weighted by molar-refractivity contribution is 0.679. The molecule has 1 aromatic carbocycles. The van der Waals surface area contributed by atoms with Gasteiger partial charge in [-0.1, -0.05) is 28.1 Å². The minimum Gasteiger partial charge on any atom is -0.251 e. The van der Waals surface area contributed by atoms with E-state index < -0.39 is 10.8 Å². The predicted octanol–water partition coefficient (Wildman–Crippen LogP) is 2.64. The molecule has 1 atom stereocenters. The Morgan fingerprint density at radius 3 is 2.12 bits per heavy atom. The Hall–Kier alpha value is -1.07. The largest absolute Gasteiger partial charge is 0.251 e. The summed E-state index contributed by atoms with van der Waals surface area (Å²) >= 11 is 3.38. The van der Waals surface area contributed by atoms with Gasteiger partial charge in [0.15, 0.2) is 0 Å². The highest BCUT2D eigenvalue weighted by Crippen LogP contribution is 2.20. The van der Waals surface area contributed by atoms with Crippen LogP contribution >= 0.6 is 15.9 Å². The summed E-state index contributed by atoms with van der Waals surface area (Å²) in [5.74, 6) is 0. The van der Waals surface area contributed by atoms with E-state index in [1.807, 2.05) is 24.3 Å². The molecule has 2 rings (SSSR count). The molecule has 0 spiro atoms. The Balaban J connectivity index is 2.34. The minimum atomic E-state index is -1.13. The first-order valence-corrected chi connectivity index (χ1v) is 6.93. The predicted molar refractivity (Wildman–Crippen MR) is 67.5 cm³/mol. The molecule has 0 aliphatic carbocycles. The maximum atomic E-state index is 11.1. The number of benzene rings is 1. The monoisotopic (exact) mass is 296 g/mol. The van der Waals surface area contributed by atoms with Gasteiger partial charge in [-0.25, -0.2) is 9.97 Å².